The van der Waals surface area contributed by atoms with E-state index in [2.05, 4.69) is 25.5 Å². The molecular weight excluding hydrogens is 446 g/mol. The average molecular weight is 474 g/mol. The van der Waals surface area contributed by atoms with Crippen LogP contribution in [0, 0.1) is 12.8 Å². The number of methoxy groups -OCH3 is 2. The van der Waals surface area contributed by atoms with Crippen LogP contribution in [0.25, 0.3) is 5.65 Å². The van der Waals surface area contributed by atoms with Gasteiger partial charge in [0.1, 0.15) is 5.82 Å². The van der Waals surface area contributed by atoms with Crippen LogP contribution in [0.2, 0.25) is 0 Å². The quantitative estimate of drug-likeness (QED) is 0.419. The van der Waals surface area contributed by atoms with E-state index in [1.807, 2.05) is 43.3 Å². The van der Waals surface area contributed by atoms with Crippen LogP contribution in [0.5, 0.6) is 11.6 Å². The van der Waals surface area contributed by atoms with Crippen molar-refractivity contribution in [3.05, 3.63) is 60.4 Å². The Morgan fingerprint density at radius 2 is 1.94 bits per heavy atom. The Hall–Kier alpha value is -4.34. The first-order chi connectivity index (χ1) is 17.0. The minimum absolute atomic E-state index is 0.0212. The Morgan fingerprint density at radius 3 is 2.71 bits per heavy atom. The summed E-state index contributed by atoms with van der Waals surface area (Å²) in [5.41, 5.74) is 3.38. The van der Waals surface area contributed by atoms with E-state index in [-0.39, 0.29) is 11.8 Å². The lowest BCUT2D eigenvalue weighted by Crippen LogP contribution is -2.27. The molecule has 1 fully saturated rings. The zero-order chi connectivity index (χ0) is 24.4. The van der Waals surface area contributed by atoms with E-state index in [0.29, 0.717) is 29.6 Å². The number of benzene rings is 1. The summed E-state index contributed by atoms with van der Waals surface area (Å²) in [7, 11) is 3.12. The second kappa shape index (κ2) is 9.49. The molecule has 1 aliphatic rings. The Morgan fingerprint density at radius 1 is 1.11 bits per heavy atom. The van der Waals surface area contributed by atoms with Crippen LogP contribution in [0.1, 0.15) is 12.0 Å². The largest absolute Gasteiger partial charge is 0.491 e. The highest BCUT2D eigenvalue weighted by Crippen LogP contribution is 2.31. The van der Waals surface area contributed by atoms with Gasteiger partial charge in [-0.1, -0.05) is 17.7 Å². The molecule has 0 radical (unpaired) electrons. The SMILES string of the molecule is COc1ccc(Nc2cc(N3CCC(C(=O)Nc4ccc(C)cc4)C3)nn3ccnc23)nc1OC. The molecule has 1 amide bonds. The predicted octanol–water partition coefficient (Wildman–Crippen LogP) is 3.66. The normalized spacial score (nSPS) is 15.3. The lowest BCUT2D eigenvalue weighted by atomic mass is 10.1. The summed E-state index contributed by atoms with van der Waals surface area (Å²) in [6, 6.07) is 13.4. The number of ether oxygens (including phenoxy) is 2. The minimum Gasteiger partial charge on any atom is -0.491 e. The van der Waals surface area contributed by atoms with Gasteiger partial charge in [-0.15, -0.1) is 5.10 Å². The number of hydrogen-bond donors (Lipinski definition) is 2. The summed E-state index contributed by atoms with van der Waals surface area (Å²) in [5.74, 6) is 2.17. The molecule has 4 heterocycles. The van der Waals surface area contributed by atoms with Crippen LogP contribution in [-0.4, -0.2) is 52.8 Å². The van der Waals surface area contributed by atoms with E-state index in [0.717, 1.165) is 35.7 Å². The van der Waals surface area contributed by atoms with Crippen molar-refractivity contribution in [1.29, 1.82) is 0 Å². The first-order valence-corrected chi connectivity index (χ1v) is 11.4. The van der Waals surface area contributed by atoms with Crippen molar-refractivity contribution in [1.82, 2.24) is 19.6 Å². The third-order valence-corrected chi connectivity index (χ3v) is 6.05. The van der Waals surface area contributed by atoms with Gasteiger partial charge in [-0.2, -0.15) is 4.98 Å². The fraction of sp³-hybridized carbons (Fsp3) is 0.280. The molecule has 1 unspecified atom stereocenters. The van der Waals surface area contributed by atoms with Gasteiger partial charge in [-0.3, -0.25) is 4.79 Å². The van der Waals surface area contributed by atoms with Gasteiger partial charge >= 0.3 is 0 Å². The first-order valence-electron chi connectivity index (χ1n) is 11.4. The number of nitrogens with zero attached hydrogens (tertiary/aromatic N) is 5. The van der Waals surface area contributed by atoms with E-state index >= 15 is 0 Å². The van der Waals surface area contributed by atoms with Crippen molar-refractivity contribution < 1.29 is 14.3 Å². The van der Waals surface area contributed by atoms with Gasteiger partial charge in [0, 0.05) is 37.2 Å². The third-order valence-electron chi connectivity index (χ3n) is 6.05. The summed E-state index contributed by atoms with van der Waals surface area (Å²) in [6.07, 6.45) is 4.24. The van der Waals surface area contributed by atoms with Crippen molar-refractivity contribution in [3.8, 4) is 11.6 Å². The number of aromatic nitrogens is 4. The molecule has 4 aromatic rings. The van der Waals surface area contributed by atoms with Crippen LogP contribution < -0.4 is 25.0 Å². The van der Waals surface area contributed by atoms with Gasteiger partial charge in [0.25, 0.3) is 5.88 Å². The molecule has 1 aromatic carbocycles. The van der Waals surface area contributed by atoms with Crippen molar-refractivity contribution in [2.24, 2.45) is 5.92 Å². The van der Waals surface area contributed by atoms with Crippen LogP contribution in [0.3, 0.4) is 0 Å². The number of hydrogen-bond acceptors (Lipinski definition) is 8. The molecule has 0 aliphatic carbocycles. The van der Waals surface area contributed by atoms with E-state index in [1.54, 1.807) is 37.2 Å². The summed E-state index contributed by atoms with van der Waals surface area (Å²) < 4.78 is 12.3. The summed E-state index contributed by atoms with van der Waals surface area (Å²) in [6.45, 7) is 3.33. The molecule has 0 bridgehead atoms. The highest BCUT2D eigenvalue weighted by atomic mass is 16.5. The van der Waals surface area contributed by atoms with E-state index in [1.165, 1.54) is 0 Å². The Balaban J connectivity index is 1.35. The molecule has 1 aliphatic heterocycles. The predicted molar refractivity (Wildman–Crippen MR) is 134 cm³/mol. The maximum Gasteiger partial charge on any atom is 0.258 e. The molecule has 1 atom stereocenters. The number of carbonyl (C=O) groups excluding carboxylic acids is 1. The second-order valence-electron chi connectivity index (χ2n) is 8.43. The molecule has 0 spiro atoms. The maximum absolute atomic E-state index is 12.9. The zero-order valence-corrected chi connectivity index (χ0v) is 19.9. The topological polar surface area (TPSA) is 106 Å². The molecule has 1 saturated heterocycles. The molecule has 5 rings (SSSR count). The van der Waals surface area contributed by atoms with Crippen molar-refractivity contribution in [2.45, 2.75) is 13.3 Å². The number of imidazole rings is 1. The highest BCUT2D eigenvalue weighted by Gasteiger charge is 2.30. The second-order valence-corrected chi connectivity index (χ2v) is 8.43. The van der Waals surface area contributed by atoms with Crippen LogP contribution >= 0.6 is 0 Å². The van der Waals surface area contributed by atoms with Crippen LogP contribution in [-0.2, 0) is 4.79 Å². The van der Waals surface area contributed by atoms with Gasteiger partial charge in [-0.25, -0.2) is 9.50 Å². The number of rotatable bonds is 7. The van der Waals surface area contributed by atoms with E-state index < -0.39 is 0 Å². The van der Waals surface area contributed by atoms with Crippen molar-refractivity contribution in [3.63, 3.8) is 0 Å². The van der Waals surface area contributed by atoms with Gasteiger partial charge in [0.05, 0.1) is 25.8 Å². The number of fused-ring (bicyclic) bond motifs is 1. The summed E-state index contributed by atoms with van der Waals surface area (Å²) in [4.78, 5) is 23.9. The van der Waals surface area contributed by atoms with E-state index in [4.69, 9.17) is 14.6 Å². The Kier molecular flexibility index (Phi) is 6.09. The lowest BCUT2D eigenvalue weighted by molar-refractivity contribution is -0.119. The molecule has 180 valence electrons. The maximum atomic E-state index is 12.9. The number of nitrogens with one attached hydrogen (secondary N) is 2. The van der Waals surface area contributed by atoms with Gasteiger partial charge in [-0.05, 0) is 37.6 Å². The average Bonchev–Trinajstić information content (AvgIpc) is 3.55. The van der Waals surface area contributed by atoms with E-state index in [9.17, 15) is 4.79 Å². The number of carbonyl (C=O) groups is 1. The van der Waals surface area contributed by atoms with Gasteiger partial charge < -0.3 is 25.0 Å². The molecule has 10 heteroatoms. The summed E-state index contributed by atoms with van der Waals surface area (Å²) in [5, 5.41) is 11.1. The third kappa shape index (κ3) is 4.68. The first kappa shape index (κ1) is 22.5. The molecule has 3 aromatic heterocycles. The molecule has 2 N–H and O–H groups in total. The Bertz CT molecular complexity index is 1350. The number of anilines is 4. The number of pyridine rings is 1. The smallest absolute Gasteiger partial charge is 0.258 e. The fourth-order valence-corrected chi connectivity index (χ4v) is 4.15. The standard InChI is InChI=1S/C25H27N7O3/c1-16-4-6-18(7-5-16)27-24(33)17-10-12-31(15-17)22-14-19(23-26-11-13-32(23)30-22)28-21-9-8-20(34-2)25(29-21)35-3/h4-9,11,13-14,17H,10,12,15H2,1-3H3,(H,27,33)(H,28,29). The minimum atomic E-state index is -0.125. The number of amides is 1. The highest BCUT2D eigenvalue weighted by molar-refractivity contribution is 5.93. The zero-order valence-electron chi connectivity index (χ0n) is 19.9. The lowest BCUT2D eigenvalue weighted by Gasteiger charge is -2.19. The van der Waals surface area contributed by atoms with Crippen molar-refractivity contribution in [2.75, 3.05) is 42.8 Å². The monoisotopic (exact) mass is 473 g/mol. The molecule has 10 nitrogen and oxygen atoms in total. The van der Waals surface area contributed by atoms with Gasteiger partial charge in [0.2, 0.25) is 5.91 Å². The molecule has 0 saturated carbocycles. The molecular formula is C25H27N7O3. The number of aryl methyl sites for hydroxylation is 1. The van der Waals surface area contributed by atoms with Gasteiger partial charge in [0.15, 0.2) is 17.2 Å². The summed E-state index contributed by atoms with van der Waals surface area (Å²) >= 11 is 0. The van der Waals surface area contributed by atoms with Crippen LogP contribution in [0.15, 0.2) is 54.9 Å². The Labute approximate surface area is 202 Å². The van der Waals surface area contributed by atoms with Crippen LogP contribution in [0.4, 0.5) is 23.0 Å². The fourth-order valence-electron chi connectivity index (χ4n) is 4.15. The van der Waals surface area contributed by atoms with Crippen molar-refractivity contribution >= 4 is 34.6 Å². The molecule has 35 heavy (non-hydrogen) atoms.